The zero-order valence-electron chi connectivity index (χ0n) is 14.6. The fraction of sp³-hybridized carbons (Fsp3) is 0.316. The Morgan fingerprint density at radius 1 is 1.15 bits per heavy atom. The van der Waals surface area contributed by atoms with Gasteiger partial charge in [0.1, 0.15) is 0 Å². The van der Waals surface area contributed by atoms with Gasteiger partial charge in [-0.25, -0.2) is 9.38 Å². The first kappa shape index (κ1) is 17.8. The quantitative estimate of drug-likeness (QED) is 0.577. The topological polar surface area (TPSA) is 75.1 Å². The summed E-state index contributed by atoms with van der Waals surface area (Å²) in [5, 5.41) is 15.6. The third-order valence-electron chi connectivity index (χ3n) is 3.79. The van der Waals surface area contributed by atoms with Gasteiger partial charge in [-0.05, 0) is 36.8 Å². The first-order valence-corrected chi connectivity index (χ1v) is 8.58. The Bertz CT molecular complexity index is 796. The van der Waals surface area contributed by atoms with Crippen LogP contribution in [-0.2, 0) is 6.54 Å². The van der Waals surface area contributed by atoms with Crippen molar-refractivity contribution in [3.05, 3.63) is 47.8 Å². The van der Waals surface area contributed by atoms with Crippen molar-refractivity contribution in [3.63, 3.8) is 0 Å². The highest BCUT2D eigenvalue weighted by Gasteiger charge is 2.11. The van der Waals surface area contributed by atoms with Gasteiger partial charge in [0.15, 0.2) is 29.0 Å². The number of nitrogens with zero attached hydrogens (tertiary/aromatic N) is 1. The standard InChI is InChI=1S/C19H22FN3O3/c1-2-21-19(22-12-13-4-6-16(24)15(20)10-13)23-14-5-7-17-18(11-14)26-9-3-8-25-17/h4-7,10-11,24H,2-3,8-9,12H2,1H3,(H2,21,22,23). The van der Waals surface area contributed by atoms with Crippen molar-refractivity contribution < 1.29 is 19.0 Å². The Kier molecular flexibility index (Phi) is 5.78. The van der Waals surface area contributed by atoms with Crippen molar-refractivity contribution in [3.8, 4) is 17.2 Å². The summed E-state index contributed by atoms with van der Waals surface area (Å²) in [5.74, 6) is 0.975. The first-order chi connectivity index (χ1) is 12.7. The molecule has 0 aliphatic carbocycles. The number of phenolic OH excluding ortho intramolecular Hbond substituents is 1. The van der Waals surface area contributed by atoms with Gasteiger partial charge < -0.3 is 25.2 Å². The molecule has 26 heavy (non-hydrogen) atoms. The first-order valence-electron chi connectivity index (χ1n) is 8.58. The molecule has 0 amide bonds. The largest absolute Gasteiger partial charge is 0.505 e. The summed E-state index contributed by atoms with van der Waals surface area (Å²) < 4.78 is 24.8. The molecule has 2 aromatic carbocycles. The number of hydrogen-bond acceptors (Lipinski definition) is 4. The summed E-state index contributed by atoms with van der Waals surface area (Å²) in [5.41, 5.74) is 1.47. The van der Waals surface area contributed by atoms with E-state index >= 15 is 0 Å². The van der Waals surface area contributed by atoms with Crippen LogP contribution in [0.5, 0.6) is 17.2 Å². The summed E-state index contributed by atoms with van der Waals surface area (Å²) in [6, 6.07) is 9.86. The zero-order valence-corrected chi connectivity index (χ0v) is 14.6. The van der Waals surface area contributed by atoms with Crippen molar-refractivity contribution in [1.82, 2.24) is 5.32 Å². The SMILES string of the molecule is CCNC(=NCc1ccc(O)c(F)c1)Nc1ccc2c(c1)OCCCO2. The van der Waals surface area contributed by atoms with E-state index in [0.717, 1.165) is 17.9 Å². The van der Waals surface area contributed by atoms with Crippen molar-refractivity contribution >= 4 is 11.6 Å². The lowest BCUT2D eigenvalue weighted by Gasteiger charge is -2.13. The van der Waals surface area contributed by atoms with Crippen molar-refractivity contribution in [2.75, 3.05) is 25.1 Å². The van der Waals surface area contributed by atoms with E-state index in [-0.39, 0.29) is 12.3 Å². The van der Waals surface area contributed by atoms with E-state index in [1.54, 1.807) is 6.07 Å². The third-order valence-corrected chi connectivity index (χ3v) is 3.79. The highest BCUT2D eigenvalue weighted by molar-refractivity contribution is 5.93. The Labute approximate surface area is 151 Å². The number of phenols is 1. The van der Waals surface area contributed by atoms with Gasteiger partial charge in [0.25, 0.3) is 0 Å². The predicted molar refractivity (Wildman–Crippen MR) is 98.6 cm³/mol. The molecule has 3 rings (SSSR count). The van der Waals surface area contributed by atoms with E-state index < -0.39 is 5.82 Å². The zero-order chi connectivity index (χ0) is 18.4. The van der Waals surface area contributed by atoms with Gasteiger partial charge >= 0.3 is 0 Å². The van der Waals surface area contributed by atoms with Crippen LogP contribution in [0, 0.1) is 5.82 Å². The summed E-state index contributed by atoms with van der Waals surface area (Å²) in [6.07, 6.45) is 0.852. The van der Waals surface area contributed by atoms with Gasteiger partial charge in [-0.15, -0.1) is 0 Å². The smallest absolute Gasteiger partial charge is 0.196 e. The van der Waals surface area contributed by atoms with Crippen LogP contribution in [0.15, 0.2) is 41.4 Å². The fourth-order valence-corrected chi connectivity index (χ4v) is 2.50. The maximum Gasteiger partial charge on any atom is 0.196 e. The summed E-state index contributed by atoms with van der Waals surface area (Å²) in [6.45, 7) is 4.19. The molecule has 0 atom stereocenters. The van der Waals surface area contributed by atoms with Gasteiger partial charge in [0.05, 0.1) is 19.8 Å². The monoisotopic (exact) mass is 359 g/mol. The van der Waals surface area contributed by atoms with E-state index in [1.807, 2.05) is 25.1 Å². The maximum absolute atomic E-state index is 13.4. The average Bonchev–Trinajstić information content (AvgIpc) is 2.87. The van der Waals surface area contributed by atoms with Crippen LogP contribution in [0.25, 0.3) is 0 Å². The number of halogens is 1. The number of rotatable bonds is 4. The maximum atomic E-state index is 13.4. The van der Waals surface area contributed by atoms with Crippen LogP contribution in [-0.4, -0.2) is 30.8 Å². The van der Waals surface area contributed by atoms with E-state index in [2.05, 4.69) is 15.6 Å². The van der Waals surface area contributed by atoms with E-state index in [9.17, 15) is 9.50 Å². The van der Waals surface area contributed by atoms with Gasteiger partial charge in [-0.1, -0.05) is 6.07 Å². The molecule has 0 fully saturated rings. The predicted octanol–water partition coefficient (Wildman–Crippen LogP) is 3.27. The average molecular weight is 359 g/mol. The second-order valence-corrected chi connectivity index (χ2v) is 5.82. The van der Waals surface area contributed by atoms with Crippen LogP contribution in [0.2, 0.25) is 0 Å². The van der Waals surface area contributed by atoms with Crippen molar-refractivity contribution in [2.45, 2.75) is 19.9 Å². The summed E-state index contributed by atoms with van der Waals surface area (Å²) >= 11 is 0. The fourth-order valence-electron chi connectivity index (χ4n) is 2.50. The highest BCUT2D eigenvalue weighted by atomic mass is 19.1. The Morgan fingerprint density at radius 3 is 2.73 bits per heavy atom. The van der Waals surface area contributed by atoms with E-state index in [0.29, 0.717) is 37.0 Å². The van der Waals surface area contributed by atoms with Gasteiger partial charge in [-0.3, -0.25) is 0 Å². The summed E-state index contributed by atoms with van der Waals surface area (Å²) in [7, 11) is 0. The van der Waals surface area contributed by atoms with Crippen LogP contribution < -0.4 is 20.1 Å². The Balaban J connectivity index is 1.73. The number of anilines is 1. The van der Waals surface area contributed by atoms with E-state index in [4.69, 9.17) is 9.47 Å². The minimum atomic E-state index is -0.654. The molecule has 138 valence electrons. The lowest BCUT2D eigenvalue weighted by molar-refractivity contribution is 0.297. The molecule has 0 saturated heterocycles. The minimum Gasteiger partial charge on any atom is -0.505 e. The van der Waals surface area contributed by atoms with Crippen molar-refractivity contribution in [1.29, 1.82) is 0 Å². The molecule has 3 N–H and O–H groups in total. The Hall–Kier alpha value is -2.96. The molecule has 0 unspecified atom stereocenters. The Morgan fingerprint density at radius 2 is 1.96 bits per heavy atom. The van der Waals surface area contributed by atoms with Crippen molar-refractivity contribution in [2.24, 2.45) is 4.99 Å². The number of aliphatic imine (C=N–C) groups is 1. The number of hydrogen-bond donors (Lipinski definition) is 3. The van der Waals surface area contributed by atoms with E-state index in [1.165, 1.54) is 12.1 Å². The molecule has 0 radical (unpaired) electrons. The molecule has 0 aromatic heterocycles. The number of ether oxygens (including phenoxy) is 2. The molecule has 1 aliphatic rings. The normalized spacial score (nSPS) is 13.8. The second kappa shape index (κ2) is 8.42. The number of benzene rings is 2. The van der Waals surface area contributed by atoms with Crippen LogP contribution >= 0.6 is 0 Å². The number of nitrogens with one attached hydrogen (secondary N) is 2. The number of guanidine groups is 1. The molecule has 0 saturated carbocycles. The molecule has 7 heteroatoms. The lowest BCUT2D eigenvalue weighted by atomic mass is 10.2. The molecule has 6 nitrogen and oxygen atoms in total. The molecule has 0 spiro atoms. The molecule has 1 aliphatic heterocycles. The second-order valence-electron chi connectivity index (χ2n) is 5.82. The van der Waals surface area contributed by atoms with Gasteiger partial charge in [0, 0.05) is 24.7 Å². The number of fused-ring (bicyclic) bond motifs is 1. The number of aromatic hydroxyl groups is 1. The molecular formula is C19H22FN3O3. The van der Waals surface area contributed by atoms with Gasteiger partial charge in [0.2, 0.25) is 0 Å². The van der Waals surface area contributed by atoms with Crippen LogP contribution in [0.1, 0.15) is 18.9 Å². The van der Waals surface area contributed by atoms with Crippen LogP contribution in [0.3, 0.4) is 0 Å². The summed E-state index contributed by atoms with van der Waals surface area (Å²) in [4.78, 5) is 4.45. The molecule has 1 heterocycles. The lowest BCUT2D eigenvalue weighted by Crippen LogP contribution is -2.30. The molecule has 2 aromatic rings. The van der Waals surface area contributed by atoms with Crippen LogP contribution in [0.4, 0.5) is 10.1 Å². The third kappa shape index (κ3) is 4.56. The van der Waals surface area contributed by atoms with Gasteiger partial charge in [-0.2, -0.15) is 0 Å². The molecule has 0 bridgehead atoms. The minimum absolute atomic E-state index is 0.275. The highest BCUT2D eigenvalue weighted by Crippen LogP contribution is 2.32. The molecular weight excluding hydrogens is 337 g/mol.